The lowest BCUT2D eigenvalue weighted by atomic mass is 9.97. The number of hydrogen-bond acceptors (Lipinski definition) is 4. The molecule has 0 saturated heterocycles. The second-order valence-corrected chi connectivity index (χ2v) is 5.77. The van der Waals surface area contributed by atoms with Gasteiger partial charge in [-0.3, -0.25) is 9.59 Å². The number of aromatic nitrogens is 1. The highest BCUT2D eigenvalue weighted by molar-refractivity contribution is 5.91. The van der Waals surface area contributed by atoms with E-state index in [4.69, 9.17) is 9.63 Å². The fourth-order valence-electron chi connectivity index (χ4n) is 2.11. The van der Waals surface area contributed by atoms with Crippen LogP contribution < -0.4 is 5.32 Å². The average molecular weight is 280 g/mol. The Balaban J connectivity index is 1.87. The lowest BCUT2D eigenvalue weighted by molar-refractivity contribution is -0.142. The summed E-state index contributed by atoms with van der Waals surface area (Å²) in [6.07, 6.45) is 2.70. The van der Waals surface area contributed by atoms with Crippen molar-refractivity contribution in [1.82, 2.24) is 10.5 Å². The zero-order chi connectivity index (χ0) is 14.7. The lowest BCUT2D eigenvalue weighted by Gasteiger charge is -2.14. The van der Waals surface area contributed by atoms with Gasteiger partial charge in [0, 0.05) is 18.5 Å². The summed E-state index contributed by atoms with van der Waals surface area (Å²) in [6, 6.07) is 1.64. The van der Waals surface area contributed by atoms with Crippen molar-refractivity contribution in [1.29, 1.82) is 0 Å². The molecule has 1 aromatic rings. The van der Waals surface area contributed by atoms with Gasteiger partial charge in [0.1, 0.15) is 0 Å². The normalized spacial score (nSPS) is 16.1. The Morgan fingerprint density at radius 2 is 2.20 bits per heavy atom. The maximum atomic E-state index is 11.9. The van der Waals surface area contributed by atoms with Gasteiger partial charge in [-0.1, -0.05) is 19.0 Å². The van der Waals surface area contributed by atoms with Gasteiger partial charge in [0.05, 0.1) is 11.6 Å². The Hall–Kier alpha value is -1.85. The predicted molar refractivity (Wildman–Crippen MR) is 71.4 cm³/mol. The molecule has 0 bridgehead atoms. The van der Waals surface area contributed by atoms with Crippen molar-refractivity contribution in [2.24, 2.45) is 11.8 Å². The average Bonchev–Trinajstić information content (AvgIpc) is 3.11. The Kier molecular flexibility index (Phi) is 4.42. The van der Waals surface area contributed by atoms with Gasteiger partial charge in [0.15, 0.2) is 0 Å². The summed E-state index contributed by atoms with van der Waals surface area (Å²) in [6.45, 7) is 4.01. The smallest absolute Gasteiger partial charge is 0.308 e. The largest absolute Gasteiger partial charge is 0.481 e. The van der Waals surface area contributed by atoms with E-state index in [1.54, 1.807) is 6.07 Å². The molecule has 20 heavy (non-hydrogen) atoms. The SMILES string of the molecule is CC(C)CC(CNC(=O)c1cc(C2CC2)no1)C(=O)O. The van der Waals surface area contributed by atoms with Crippen molar-refractivity contribution in [2.45, 2.75) is 39.0 Å². The molecule has 2 N–H and O–H groups in total. The van der Waals surface area contributed by atoms with Gasteiger partial charge in [-0.05, 0) is 25.2 Å². The van der Waals surface area contributed by atoms with Gasteiger partial charge < -0.3 is 14.9 Å². The van der Waals surface area contributed by atoms with Gasteiger partial charge in [0.25, 0.3) is 5.91 Å². The number of carboxylic acids is 1. The number of aliphatic carboxylic acids is 1. The van der Waals surface area contributed by atoms with Crippen LogP contribution in [0.5, 0.6) is 0 Å². The molecule has 0 aliphatic heterocycles. The molecule has 0 aromatic carbocycles. The van der Waals surface area contributed by atoms with Crippen LogP contribution in [0.4, 0.5) is 0 Å². The summed E-state index contributed by atoms with van der Waals surface area (Å²) in [5, 5.41) is 15.6. The molecule has 1 aromatic heterocycles. The van der Waals surface area contributed by atoms with Crippen LogP contribution in [0.2, 0.25) is 0 Å². The maximum Gasteiger partial charge on any atom is 0.308 e. The second kappa shape index (κ2) is 6.07. The molecule has 0 radical (unpaired) electrons. The molecule has 0 spiro atoms. The van der Waals surface area contributed by atoms with Gasteiger partial charge >= 0.3 is 5.97 Å². The zero-order valence-corrected chi connectivity index (χ0v) is 11.8. The van der Waals surface area contributed by atoms with Crippen LogP contribution in [-0.4, -0.2) is 28.7 Å². The first-order chi connectivity index (χ1) is 9.47. The van der Waals surface area contributed by atoms with Gasteiger partial charge in [-0.2, -0.15) is 0 Å². The van der Waals surface area contributed by atoms with Crippen LogP contribution in [0.1, 0.15) is 55.3 Å². The van der Waals surface area contributed by atoms with Crippen molar-refractivity contribution in [3.63, 3.8) is 0 Å². The summed E-state index contributed by atoms with van der Waals surface area (Å²) < 4.78 is 4.99. The predicted octanol–water partition coefficient (Wildman–Crippen LogP) is 2.03. The molecule has 1 fully saturated rings. The Bertz CT molecular complexity index is 491. The molecule has 1 heterocycles. The lowest BCUT2D eigenvalue weighted by Crippen LogP contribution is -2.33. The minimum Gasteiger partial charge on any atom is -0.481 e. The van der Waals surface area contributed by atoms with E-state index >= 15 is 0 Å². The number of nitrogens with one attached hydrogen (secondary N) is 1. The fourth-order valence-corrected chi connectivity index (χ4v) is 2.11. The van der Waals surface area contributed by atoms with Crippen molar-refractivity contribution < 1.29 is 19.2 Å². The summed E-state index contributed by atoms with van der Waals surface area (Å²) in [7, 11) is 0. The number of hydrogen-bond donors (Lipinski definition) is 2. The minimum absolute atomic E-state index is 0.103. The first-order valence-electron chi connectivity index (χ1n) is 6.95. The molecule has 6 nitrogen and oxygen atoms in total. The van der Waals surface area contributed by atoms with Crippen molar-refractivity contribution >= 4 is 11.9 Å². The van der Waals surface area contributed by atoms with Crippen LogP contribution in [-0.2, 0) is 4.79 Å². The van der Waals surface area contributed by atoms with E-state index in [0.717, 1.165) is 18.5 Å². The fraction of sp³-hybridized carbons (Fsp3) is 0.643. The Morgan fingerprint density at radius 3 is 2.75 bits per heavy atom. The Morgan fingerprint density at radius 1 is 1.50 bits per heavy atom. The molecular formula is C14H20N2O4. The van der Waals surface area contributed by atoms with Gasteiger partial charge in [0.2, 0.25) is 5.76 Å². The number of nitrogens with zero attached hydrogens (tertiary/aromatic N) is 1. The van der Waals surface area contributed by atoms with Crippen molar-refractivity contribution in [3.05, 3.63) is 17.5 Å². The van der Waals surface area contributed by atoms with Crippen LogP contribution in [0.3, 0.4) is 0 Å². The van der Waals surface area contributed by atoms with E-state index < -0.39 is 17.8 Å². The third kappa shape index (κ3) is 3.82. The van der Waals surface area contributed by atoms with E-state index in [1.807, 2.05) is 13.8 Å². The van der Waals surface area contributed by atoms with Crippen LogP contribution in [0, 0.1) is 11.8 Å². The van der Waals surface area contributed by atoms with Crippen LogP contribution >= 0.6 is 0 Å². The summed E-state index contributed by atoms with van der Waals surface area (Å²) in [5.41, 5.74) is 0.812. The molecule has 1 unspecified atom stereocenters. The third-order valence-corrected chi connectivity index (χ3v) is 3.36. The second-order valence-electron chi connectivity index (χ2n) is 5.77. The van der Waals surface area contributed by atoms with E-state index in [9.17, 15) is 9.59 Å². The highest BCUT2D eigenvalue weighted by atomic mass is 16.5. The van der Waals surface area contributed by atoms with Crippen LogP contribution in [0.15, 0.2) is 10.6 Å². The van der Waals surface area contributed by atoms with E-state index in [-0.39, 0.29) is 18.2 Å². The quantitative estimate of drug-likeness (QED) is 0.797. The molecule has 2 rings (SSSR count). The number of amides is 1. The molecule has 1 aliphatic rings. The molecule has 1 saturated carbocycles. The highest BCUT2D eigenvalue weighted by Crippen LogP contribution is 2.39. The van der Waals surface area contributed by atoms with E-state index in [2.05, 4.69) is 10.5 Å². The summed E-state index contributed by atoms with van der Waals surface area (Å²) in [4.78, 5) is 23.0. The highest BCUT2D eigenvalue weighted by Gasteiger charge is 2.28. The van der Waals surface area contributed by atoms with Gasteiger partial charge in [-0.25, -0.2) is 0 Å². The minimum atomic E-state index is -0.893. The first kappa shape index (κ1) is 14.6. The van der Waals surface area contributed by atoms with Crippen molar-refractivity contribution in [3.8, 4) is 0 Å². The molecule has 1 aliphatic carbocycles. The van der Waals surface area contributed by atoms with E-state index in [1.165, 1.54) is 0 Å². The molecule has 1 atom stereocenters. The first-order valence-corrected chi connectivity index (χ1v) is 6.95. The number of carbonyl (C=O) groups is 2. The molecule has 6 heteroatoms. The van der Waals surface area contributed by atoms with Gasteiger partial charge in [-0.15, -0.1) is 0 Å². The van der Waals surface area contributed by atoms with E-state index in [0.29, 0.717) is 12.3 Å². The standard InChI is InChI=1S/C14H20N2O4/c1-8(2)5-10(14(18)19)7-15-13(17)12-6-11(16-20-12)9-3-4-9/h6,8-10H,3-5,7H2,1-2H3,(H,15,17)(H,18,19). The van der Waals surface area contributed by atoms with Crippen LogP contribution in [0.25, 0.3) is 0 Å². The summed E-state index contributed by atoms with van der Waals surface area (Å²) in [5.74, 6) is -1.03. The third-order valence-electron chi connectivity index (χ3n) is 3.36. The maximum absolute atomic E-state index is 11.9. The van der Waals surface area contributed by atoms with Crippen molar-refractivity contribution in [2.75, 3.05) is 6.54 Å². The number of carbonyl (C=O) groups excluding carboxylic acids is 1. The molecule has 110 valence electrons. The molecule has 1 amide bonds. The number of rotatable bonds is 7. The number of carboxylic acid groups (broad SMARTS) is 1. The molecular weight excluding hydrogens is 260 g/mol. The summed E-state index contributed by atoms with van der Waals surface area (Å²) >= 11 is 0. The Labute approximate surface area is 117 Å². The monoisotopic (exact) mass is 280 g/mol. The zero-order valence-electron chi connectivity index (χ0n) is 11.8. The topological polar surface area (TPSA) is 92.4 Å².